The summed E-state index contributed by atoms with van der Waals surface area (Å²) in [6.07, 6.45) is 0. The molecule has 88 valence electrons. The van der Waals surface area contributed by atoms with Crippen LogP contribution >= 0.6 is 27.5 Å². The number of alkyl halides is 1. The second-order valence-electron chi connectivity index (χ2n) is 3.92. The van der Waals surface area contributed by atoms with Crippen LogP contribution in [0.4, 0.5) is 4.39 Å². The lowest BCUT2D eigenvalue weighted by Crippen LogP contribution is -1.94. The van der Waals surface area contributed by atoms with Crippen molar-refractivity contribution < 1.29 is 4.39 Å². The Kier molecular flexibility index (Phi) is 3.85. The van der Waals surface area contributed by atoms with E-state index in [4.69, 9.17) is 11.6 Å². The molecule has 0 bridgehead atoms. The van der Waals surface area contributed by atoms with E-state index in [0.29, 0.717) is 10.6 Å². The van der Waals surface area contributed by atoms with Crippen LogP contribution in [0.3, 0.4) is 0 Å². The first-order valence-electron chi connectivity index (χ1n) is 5.23. The third-order valence-electron chi connectivity index (χ3n) is 2.65. The summed E-state index contributed by atoms with van der Waals surface area (Å²) in [6, 6.07) is 12.8. The van der Waals surface area contributed by atoms with Crippen LogP contribution in [-0.2, 0) is 0 Å². The van der Waals surface area contributed by atoms with Crippen molar-refractivity contribution in [2.75, 3.05) is 0 Å². The van der Waals surface area contributed by atoms with Gasteiger partial charge in [0.2, 0.25) is 0 Å². The fraction of sp³-hybridized carbons (Fsp3) is 0.143. The van der Waals surface area contributed by atoms with E-state index >= 15 is 0 Å². The van der Waals surface area contributed by atoms with Crippen molar-refractivity contribution in [3.05, 3.63) is 70.0 Å². The van der Waals surface area contributed by atoms with Gasteiger partial charge in [0.05, 0.1) is 4.83 Å². The zero-order valence-corrected chi connectivity index (χ0v) is 11.6. The third-order valence-corrected chi connectivity index (χ3v) is 3.96. The molecule has 0 aliphatic heterocycles. The van der Waals surface area contributed by atoms with Gasteiger partial charge in [-0.3, -0.25) is 0 Å². The van der Waals surface area contributed by atoms with Gasteiger partial charge in [0, 0.05) is 5.02 Å². The summed E-state index contributed by atoms with van der Waals surface area (Å²) in [5.74, 6) is -0.180. The maximum absolute atomic E-state index is 13.5. The lowest BCUT2D eigenvalue weighted by molar-refractivity contribution is 0.616. The maximum Gasteiger partial charge on any atom is 0.126 e. The molecule has 0 aliphatic carbocycles. The Morgan fingerprint density at radius 3 is 2.24 bits per heavy atom. The standard InChI is InChI=1S/C14H11BrClF/c1-9-2-3-11(8-13(9)17)14(15)10-4-6-12(16)7-5-10/h2-8,14H,1H3. The Labute approximate surface area is 114 Å². The van der Waals surface area contributed by atoms with Crippen molar-refractivity contribution in [2.45, 2.75) is 11.8 Å². The molecule has 0 heterocycles. The topological polar surface area (TPSA) is 0 Å². The highest BCUT2D eigenvalue weighted by Gasteiger charge is 2.11. The minimum Gasteiger partial charge on any atom is -0.207 e. The first-order chi connectivity index (χ1) is 8.08. The predicted molar refractivity (Wildman–Crippen MR) is 73.4 cm³/mol. The van der Waals surface area contributed by atoms with Crippen LogP contribution in [0.5, 0.6) is 0 Å². The number of hydrogen-bond donors (Lipinski definition) is 0. The molecule has 0 aliphatic rings. The summed E-state index contributed by atoms with van der Waals surface area (Å²) in [4.78, 5) is -0.0186. The fourth-order valence-corrected chi connectivity index (χ4v) is 2.31. The van der Waals surface area contributed by atoms with Crippen LogP contribution in [0.1, 0.15) is 21.5 Å². The Balaban J connectivity index is 2.33. The quantitative estimate of drug-likeness (QED) is 0.662. The van der Waals surface area contributed by atoms with Crippen molar-refractivity contribution in [3.63, 3.8) is 0 Å². The number of hydrogen-bond acceptors (Lipinski definition) is 0. The first-order valence-corrected chi connectivity index (χ1v) is 6.53. The molecule has 0 amide bonds. The molecule has 2 aromatic carbocycles. The van der Waals surface area contributed by atoms with E-state index in [-0.39, 0.29) is 10.6 Å². The highest BCUT2D eigenvalue weighted by Crippen LogP contribution is 2.32. The molecule has 0 fully saturated rings. The van der Waals surface area contributed by atoms with E-state index in [0.717, 1.165) is 11.1 Å². The number of benzene rings is 2. The minimum absolute atomic E-state index is 0.0186. The van der Waals surface area contributed by atoms with Crippen LogP contribution in [0, 0.1) is 12.7 Å². The number of halogens is 3. The Morgan fingerprint density at radius 1 is 1.06 bits per heavy atom. The largest absolute Gasteiger partial charge is 0.207 e. The third kappa shape index (κ3) is 2.88. The average Bonchev–Trinajstić information content (AvgIpc) is 2.33. The summed E-state index contributed by atoms with van der Waals surface area (Å²) in [5, 5.41) is 0.698. The van der Waals surface area contributed by atoms with E-state index in [1.165, 1.54) is 0 Å². The van der Waals surface area contributed by atoms with Crippen molar-refractivity contribution in [3.8, 4) is 0 Å². The maximum atomic E-state index is 13.5. The summed E-state index contributed by atoms with van der Waals surface area (Å²) in [5.41, 5.74) is 2.61. The van der Waals surface area contributed by atoms with Crippen LogP contribution in [0.15, 0.2) is 42.5 Å². The van der Waals surface area contributed by atoms with E-state index in [1.54, 1.807) is 19.1 Å². The molecular weight excluding hydrogens is 303 g/mol. The highest BCUT2D eigenvalue weighted by molar-refractivity contribution is 9.09. The van der Waals surface area contributed by atoms with Crippen molar-refractivity contribution >= 4 is 27.5 Å². The Bertz CT molecular complexity index is 522. The predicted octanol–water partition coefficient (Wildman–Crippen LogP) is 5.27. The normalized spacial score (nSPS) is 12.5. The molecule has 17 heavy (non-hydrogen) atoms. The second-order valence-corrected chi connectivity index (χ2v) is 5.27. The van der Waals surface area contributed by atoms with Gasteiger partial charge in [-0.15, -0.1) is 0 Å². The second kappa shape index (κ2) is 5.19. The minimum atomic E-state index is -0.180. The summed E-state index contributed by atoms with van der Waals surface area (Å²) >= 11 is 9.40. The molecule has 2 rings (SSSR count). The van der Waals surface area contributed by atoms with Gasteiger partial charge in [-0.25, -0.2) is 4.39 Å². The van der Waals surface area contributed by atoms with Gasteiger partial charge < -0.3 is 0 Å². The van der Waals surface area contributed by atoms with E-state index in [1.807, 2.05) is 30.3 Å². The molecule has 0 aromatic heterocycles. The van der Waals surface area contributed by atoms with Crippen LogP contribution in [0.25, 0.3) is 0 Å². The smallest absolute Gasteiger partial charge is 0.126 e. The number of rotatable bonds is 2. The van der Waals surface area contributed by atoms with Crippen LogP contribution < -0.4 is 0 Å². The van der Waals surface area contributed by atoms with E-state index in [9.17, 15) is 4.39 Å². The molecule has 2 aromatic rings. The molecular formula is C14H11BrClF. The molecule has 0 saturated heterocycles. The van der Waals surface area contributed by atoms with Gasteiger partial charge >= 0.3 is 0 Å². The molecule has 0 radical (unpaired) electrons. The van der Waals surface area contributed by atoms with Crippen LogP contribution in [0.2, 0.25) is 5.02 Å². The van der Waals surface area contributed by atoms with E-state index < -0.39 is 0 Å². The molecule has 3 heteroatoms. The lowest BCUT2D eigenvalue weighted by atomic mass is 10.0. The van der Waals surface area contributed by atoms with Gasteiger partial charge in [-0.1, -0.05) is 51.8 Å². The summed E-state index contributed by atoms with van der Waals surface area (Å²) in [7, 11) is 0. The molecule has 0 spiro atoms. The lowest BCUT2D eigenvalue weighted by Gasteiger charge is -2.11. The number of aryl methyl sites for hydroxylation is 1. The van der Waals surface area contributed by atoms with Crippen LogP contribution in [-0.4, -0.2) is 0 Å². The van der Waals surface area contributed by atoms with Gasteiger partial charge in [0.15, 0.2) is 0 Å². The summed E-state index contributed by atoms with van der Waals surface area (Å²) < 4.78 is 13.5. The van der Waals surface area contributed by atoms with Gasteiger partial charge in [0.25, 0.3) is 0 Å². The monoisotopic (exact) mass is 312 g/mol. The van der Waals surface area contributed by atoms with Gasteiger partial charge in [-0.2, -0.15) is 0 Å². The average molecular weight is 314 g/mol. The zero-order chi connectivity index (χ0) is 12.4. The highest BCUT2D eigenvalue weighted by atomic mass is 79.9. The Morgan fingerprint density at radius 2 is 1.65 bits per heavy atom. The van der Waals surface area contributed by atoms with Gasteiger partial charge in [0.1, 0.15) is 5.82 Å². The van der Waals surface area contributed by atoms with Crippen molar-refractivity contribution in [1.82, 2.24) is 0 Å². The van der Waals surface area contributed by atoms with Gasteiger partial charge in [-0.05, 0) is 41.8 Å². The molecule has 1 atom stereocenters. The van der Waals surface area contributed by atoms with Crippen molar-refractivity contribution in [2.24, 2.45) is 0 Å². The molecule has 1 unspecified atom stereocenters. The molecule has 0 N–H and O–H groups in total. The molecule has 0 saturated carbocycles. The van der Waals surface area contributed by atoms with Crippen molar-refractivity contribution in [1.29, 1.82) is 0 Å². The molecule has 0 nitrogen and oxygen atoms in total. The first kappa shape index (κ1) is 12.6. The zero-order valence-electron chi connectivity index (χ0n) is 9.25. The SMILES string of the molecule is Cc1ccc(C(Br)c2ccc(Cl)cc2)cc1F. The summed E-state index contributed by atoms with van der Waals surface area (Å²) in [6.45, 7) is 1.75. The fourth-order valence-electron chi connectivity index (χ4n) is 1.59. The Hall–Kier alpha value is -0.860. The van der Waals surface area contributed by atoms with E-state index in [2.05, 4.69) is 15.9 Å².